The van der Waals surface area contributed by atoms with Crippen LogP contribution in [-0.2, 0) is 10.0 Å². The molecular formula is C22H39NO3S. The van der Waals surface area contributed by atoms with Crippen molar-refractivity contribution in [2.45, 2.75) is 72.6 Å². The van der Waals surface area contributed by atoms with E-state index in [0.29, 0.717) is 24.3 Å². The monoisotopic (exact) mass is 397 g/mol. The van der Waals surface area contributed by atoms with E-state index in [0.717, 1.165) is 32.1 Å². The van der Waals surface area contributed by atoms with Gasteiger partial charge >= 0.3 is 0 Å². The Morgan fingerprint density at radius 1 is 1.15 bits per heavy atom. The number of hydrogen-bond donors (Lipinski definition) is 2. The molecule has 0 radical (unpaired) electrons. The third kappa shape index (κ3) is 4.16. The van der Waals surface area contributed by atoms with E-state index in [-0.39, 0.29) is 23.4 Å². The normalized spacial score (nSPS) is 39.5. The molecule has 5 heteroatoms. The van der Waals surface area contributed by atoms with Gasteiger partial charge in [-0.05, 0) is 73.0 Å². The van der Waals surface area contributed by atoms with Gasteiger partial charge in [0, 0.05) is 13.2 Å². The number of nitrogens with one attached hydrogen (secondary N) is 1. The van der Waals surface area contributed by atoms with Crippen molar-refractivity contribution in [2.24, 2.45) is 34.5 Å². The van der Waals surface area contributed by atoms with Gasteiger partial charge in [-0.25, -0.2) is 13.1 Å². The summed E-state index contributed by atoms with van der Waals surface area (Å²) in [7, 11) is -3.20. The summed E-state index contributed by atoms with van der Waals surface area (Å²) in [6.45, 7) is 10.1. The highest BCUT2D eigenvalue weighted by Crippen LogP contribution is 2.59. The van der Waals surface area contributed by atoms with Crippen LogP contribution in [-0.4, -0.2) is 32.9 Å². The molecule has 5 atom stereocenters. The standard InChI is InChI=1S/C22H39NO3S/c1-15-8-11-22(4,16(12-15)14-24)20-7-6-19-17(9-10-21(19,2)3)18(20)13-23-27(5,25)26/h15-16,18,20,23-24H,6-14H2,1-5H3/t15-,16+,18-,20-,22-/m0/s1. The van der Waals surface area contributed by atoms with Crippen molar-refractivity contribution < 1.29 is 13.5 Å². The lowest BCUT2D eigenvalue weighted by Crippen LogP contribution is -2.48. The van der Waals surface area contributed by atoms with Gasteiger partial charge in [-0.2, -0.15) is 0 Å². The molecule has 27 heavy (non-hydrogen) atoms. The Labute approximate surface area is 166 Å². The first-order valence-electron chi connectivity index (χ1n) is 10.8. The summed E-state index contributed by atoms with van der Waals surface area (Å²) in [4.78, 5) is 0. The predicted molar refractivity (Wildman–Crippen MR) is 111 cm³/mol. The molecule has 1 saturated carbocycles. The molecule has 0 heterocycles. The average molecular weight is 398 g/mol. The van der Waals surface area contributed by atoms with E-state index in [1.165, 1.54) is 24.7 Å². The molecule has 3 aliphatic rings. The van der Waals surface area contributed by atoms with Crippen LogP contribution in [0.5, 0.6) is 0 Å². The molecule has 1 fully saturated rings. The van der Waals surface area contributed by atoms with Crippen LogP contribution in [0.3, 0.4) is 0 Å². The van der Waals surface area contributed by atoms with E-state index in [2.05, 4.69) is 32.4 Å². The highest BCUT2D eigenvalue weighted by Gasteiger charge is 2.51. The number of aliphatic hydroxyl groups excluding tert-OH is 1. The van der Waals surface area contributed by atoms with Crippen LogP contribution in [0, 0.1) is 34.5 Å². The second-order valence-corrected chi connectivity index (χ2v) is 12.4. The maximum absolute atomic E-state index is 11.9. The van der Waals surface area contributed by atoms with E-state index in [1.807, 2.05) is 0 Å². The fourth-order valence-corrected chi connectivity index (χ4v) is 7.02. The summed E-state index contributed by atoms with van der Waals surface area (Å²) in [6.07, 6.45) is 9.26. The SMILES string of the molecule is C[C@H]1CC[C@](C)([C@H]2CCC3=C(CCC3(C)C)[C@@H]2CNS(C)(=O)=O)[C@@H](CO)C1. The molecule has 0 aromatic rings. The zero-order chi connectivity index (χ0) is 20.0. The van der Waals surface area contributed by atoms with E-state index in [9.17, 15) is 13.5 Å². The van der Waals surface area contributed by atoms with Crippen LogP contribution in [0.25, 0.3) is 0 Å². The predicted octanol–water partition coefficient (Wildman–Crippen LogP) is 4.11. The number of aliphatic hydroxyl groups is 1. The van der Waals surface area contributed by atoms with Crippen LogP contribution in [0.4, 0.5) is 0 Å². The van der Waals surface area contributed by atoms with Crippen molar-refractivity contribution >= 4 is 10.0 Å². The Balaban J connectivity index is 1.96. The van der Waals surface area contributed by atoms with Gasteiger partial charge in [0.1, 0.15) is 0 Å². The maximum Gasteiger partial charge on any atom is 0.208 e. The summed E-state index contributed by atoms with van der Waals surface area (Å²) in [5.74, 6) is 1.72. The molecule has 0 spiro atoms. The second-order valence-electron chi connectivity index (χ2n) is 10.5. The molecule has 0 saturated heterocycles. The van der Waals surface area contributed by atoms with Crippen molar-refractivity contribution in [3.05, 3.63) is 11.1 Å². The van der Waals surface area contributed by atoms with Gasteiger partial charge in [0.25, 0.3) is 0 Å². The molecule has 3 rings (SSSR count). The van der Waals surface area contributed by atoms with Gasteiger partial charge in [-0.3, -0.25) is 0 Å². The third-order valence-corrected chi connectivity index (χ3v) is 8.98. The quantitative estimate of drug-likeness (QED) is 0.686. The van der Waals surface area contributed by atoms with Gasteiger partial charge in [-0.1, -0.05) is 45.3 Å². The van der Waals surface area contributed by atoms with Crippen LogP contribution in [0.15, 0.2) is 11.1 Å². The topological polar surface area (TPSA) is 66.4 Å². The van der Waals surface area contributed by atoms with Crippen LogP contribution < -0.4 is 4.72 Å². The van der Waals surface area contributed by atoms with E-state index in [1.54, 1.807) is 5.57 Å². The zero-order valence-electron chi connectivity index (χ0n) is 17.8. The lowest BCUT2D eigenvalue weighted by atomic mass is 9.53. The van der Waals surface area contributed by atoms with Crippen LogP contribution in [0.2, 0.25) is 0 Å². The van der Waals surface area contributed by atoms with Gasteiger partial charge in [-0.15, -0.1) is 0 Å². The molecule has 4 nitrogen and oxygen atoms in total. The zero-order valence-corrected chi connectivity index (χ0v) is 18.7. The first-order chi connectivity index (χ1) is 12.5. The Morgan fingerprint density at radius 2 is 1.85 bits per heavy atom. The molecule has 0 aromatic heterocycles. The minimum Gasteiger partial charge on any atom is -0.396 e. The van der Waals surface area contributed by atoms with Crippen molar-refractivity contribution in [3.8, 4) is 0 Å². The fraction of sp³-hybridized carbons (Fsp3) is 0.909. The molecular weight excluding hydrogens is 358 g/mol. The molecule has 0 aliphatic heterocycles. The lowest BCUT2D eigenvalue weighted by molar-refractivity contribution is -0.0315. The summed E-state index contributed by atoms with van der Waals surface area (Å²) in [5, 5.41) is 10.2. The highest BCUT2D eigenvalue weighted by atomic mass is 32.2. The average Bonchev–Trinajstić information content (AvgIpc) is 2.89. The van der Waals surface area contributed by atoms with E-state index < -0.39 is 10.0 Å². The number of allylic oxidation sites excluding steroid dienone is 1. The summed E-state index contributed by atoms with van der Waals surface area (Å²) >= 11 is 0. The maximum atomic E-state index is 11.9. The molecule has 0 aromatic carbocycles. The molecule has 0 unspecified atom stereocenters. The summed E-state index contributed by atoms with van der Waals surface area (Å²) in [5.41, 5.74) is 3.47. The number of rotatable bonds is 5. The molecule has 2 N–H and O–H groups in total. The smallest absolute Gasteiger partial charge is 0.208 e. The van der Waals surface area contributed by atoms with Crippen molar-refractivity contribution in [1.29, 1.82) is 0 Å². The largest absolute Gasteiger partial charge is 0.396 e. The number of hydrogen-bond acceptors (Lipinski definition) is 3. The Bertz CT molecular complexity index is 696. The van der Waals surface area contributed by atoms with Crippen LogP contribution in [0.1, 0.15) is 72.6 Å². The Hall–Kier alpha value is -0.390. The van der Waals surface area contributed by atoms with E-state index in [4.69, 9.17) is 0 Å². The Morgan fingerprint density at radius 3 is 2.48 bits per heavy atom. The number of sulfonamides is 1. The Kier molecular flexibility index (Phi) is 5.89. The van der Waals surface area contributed by atoms with Gasteiger partial charge in [0.2, 0.25) is 10.0 Å². The van der Waals surface area contributed by atoms with Crippen molar-refractivity contribution in [2.75, 3.05) is 19.4 Å². The first kappa shape index (κ1) is 21.3. The lowest BCUT2D eigenvalue weighted by Gasteiger charge is -2.53. The first-order valence-corrected chi connectivity index (χ1v) is 12.6. The third-order valence-electron chi connectivity index (χ3n) is 8.29. The van der Waals surface area contributed by atoms with Gasteiger partial charge in [0.15, 0.2) is 0 Å². The van der Waals surface area contributed by atoms with Gasteiger partial charge in [0.05, 0.1) is 6.26 Å². The summed E-state index contributed by atoms with van der Waals surface area (Å²) < 4.78 is 26.5. The van der Waals surface area contributed by atoms with Gasteiger partial charge < -0.3 is 5.11 Å². The second kappa shape index (κ2) is 7.46. The minimum absolute atomic E-state index is 0.0936. The van der Waals surface area contributed by atoms with Crippen molar-refractivity contribution in [1.82, 2.24) is 4.72 Å². The minimum atomic E-state index is -3.20. The van der Waals surface area contributed by atoms with E-state index >= 15 is 0 Å². The van der Waals surface area contributed by atoms with Crippen LogP contribution >= 0.6 is 0 Å². The molecule has 0 bridgehead atoms. The summed E-state index contributed by atoms with van der Waals surface area (Å²) in [6, 6.07) is 0. The molecule has 156 valence electrons. The molecule has 3 aliphatic carbocycles. The van der Waals surface area contributed by atoms with Crippen molar-refractivity contribution in [3.63, 3.8) is 0 Å². The highest BCUT2D eigenvalue weighted by molar-refractivity contribution is 7.88. The fourth-order valence-electron chi connectivity index (χ4n) is 6.54. The molecule has 0 amide bonds.